The highest BCUT2D eigenvalue weighted by molar-refractivity contribution is 7.12. The Hall–Kier alpha value is -0.550. The van der Waals surface area contributed by atoms with Crippen molar-refractivity contribution in [2.24, 2.45) is 0 Å². The number of thiophene rings is 1. The number of nitrogens with one attached hydrogen (secondary N) is 1. The minimum absolute atomic E-state index is 0.0860. The predicted molar refractivity (Wildman–Crippen MR) is 81.9 cm³/mol. The van der Waals surface area contributed by atoms with Crippen LogP contribution >= 0.6 is 11.3 Å². The predicted octanol–water partition coefficient (Wildman–Crippen LogP) is 5.40. The van der Waals surface area contributed by atoms with Crippen LogP contribution in [0.15, 0.2) is 6.07 Å². The molecule has 0 amide bonds. The summed E-state index contributed by atoms with van der Waals surface area (Å²) in [5, 5.41) is 3.42. The maximum Gasteiger partial charge on any atom is 0.389 e. The largest absolute Gasteiger partial charge is 0.389 e. The van der Waals surface area contributed by atoms with Crippen LogP contribution in [0.3, 0.4) is 0 Å². The second-order valence-corrected chi connectivity index (χ2v) is 6.99. The Kier molecular flexibility index (Phi) is 6.11. The van der Waals surface area contributed by atoms with Gasteiger partial charge in [0.2, 0.25) is 0 Å². The lowest BCUT2D eigenvalue weighted by Crippen LogP contribution is -2.22. The second kappa shape index (κ2) is 7.63. The first kappa shape index (κ1) is 16.8. The smallest absolute Gasteiger partial charge is 0.309 e. The maximum absolute atomic E-state index is 12.3. The molecule has 5 heteroatoms. The third-order valence-corrected chi connectivity index (χ3v) is 5.30. The van der Waals surface area contributed by atoms with Crippen molar-refractivity contribution in [2.75, 3.05) is 6.54 Å². The van der Waals surface area contributed by atoms with Gasteiger partial charge in [-0.3, -0.25) is 0 Å². The van der Waals surface area contributed by atoms with Crippen LogP contribution in [0.5, 0.6) is 0 Å². The van der Waals surface area contributed by atoms with E-state index >= 15 is 0 Å². The Labute approximate surface area is 128 Å². The van der Waals surface area contributed by atoms with E-state index in [0.717, 1.165) is 25.8 Å². The first-order valence-electron chi connectivity index (χ1n) is 7.91. The molecule has 1 heterocycles. The van der Waals surface area contributed by atoms with Crippen molar-refractivity contribution in [1.82, 2.24) is 5.32 Å². The van der Waals surface area contributed by atoms with E-state index in [4.69, 9.17) is 0 Å². The molecule has 0 aromatic carbocycles. The summed E-state index contributed by atoms with van der Waals surface area (Å²) >= 11 is 1.81. The summed E-state index contributed by atoms with van der Waals surface area (Å²) in [4.78, 5) is 2.69. The zero-order valence-corrected chi connectivity index (χ0v) is 13.4. The molecule has 1 atom stereocenters. The molecule has 1 aliphatic rings. The van der Waals surface area contributed by atoms with Gasteiger partial charge in [0.05, 0.1) is 0 Å². The minimum atomic E-state index is -4.04. The summed E-state index contributed by atoms with van der Waals surface area (Å²) in [7, 11) is 0. The molecular formula is C16H24F3NS. The summed E-state index contributed by atoms with van der Waals surface area (Å²) < 4.78 is 37.0. The van der Waals surface area contributed by atoms with Crippen molar-refractivity contribution in [1.29, 1.82) is 0 Å². The van der Waals surface area contributed by atoms with Gasteiger partial charge in [-0.25, -0.2) is 0 Å². The van der Waals surface area contributed by atoms with Crippen LogP contribution in [0.1, 0.15) is 66.8 Å². The Morgan fingerprint density at radius 2 is 2.05 bits per heavy atom. The molecule has 2 rings (SSSR count). The number of halogens is 3. The van der Waals surface area contributed by atoms with Gasteiger partial charge in [-0.1, -0.05) is 6.92 Å². The molecule has 1 aromatic heterocycles. The molecule has 0 radical (unpaired) electrons. The normalized spacial score (nSPS) is 16.8. The third kappa shape index (κ3) is 5.29. The van der Waals surface area contributed by atoms with Crippen LogP contribution in [0.25, 0.3) is 0 Å². The molecule has 0 fully saturated rings. The van der Waals surface area contributed by atoms with Crippen molar-refractivity contribution in [3.05, 3.63) is 21.4 Å². The lowest BCUT2D eigenvalue weighted by molar-refractivity contribution is -0.135. The van der Waals surface area contributed by atoms with Crippen LogP contribution in [-0.4, -0.2) is 12.7 Å². The molecule has 1 aromatic rings. The first-order valence-corrected chi connectivity index (χ1v) is 8.73. The molecule has 0 saturated heterocycles. The van der Waals surface area contributed by atoms with Gasteiger partial charge in [0, 0.05) is 22.2 Å². The number of rotatable bonds is 7. The summed E-state index contributed by atoms with van der Waals surface area (Å²) in [6.45, 7) is 2.94. The van der Waals surface area contributed by atoms with E-state index in [2.05, 4.69) is 18.3 Å². The van der Waals surface area contributed by atoms with E-state index in [1.165, 1.54) is 28.2 Å². The van der Waals surface area contributed by atoms with Gasteiger partial charge in [0.1, 0.15) is 0 Å². The van der Waals surface area contributed by atoms with Gasteiger partial charge in [0.25, 0.3) is 0 Å². The second-order valence-electron chi connectivity index (χ2n) is 5.82. The van der Waals surface area contributed by atoms with E-state index in [-0.39, 0.29) is 12.5 Å². The molecule has 1 aliphatic carbocycles. The number of fused-ring (bicyclic) bond motifs is 1. The fourth-order valence-corrected chi connectivity index (χ4v) is 4.22. The number of aryl methyl sites for hydroxylation is 2. The minimum Gasteiger partial charge on any atom is -0.309 e. The van der Waals surface area contributed by atoms with Crippen LogP contribution in [0, 0.1) is 0 Å². The van der Waals surface area contributed by atoms with E-state index in [9.17, 15) is 13.2 Å². The highest BCUT2D eigenvalue weighted by Crippen LogP contribution is 2.35. The summed E-state index contributed by atoms with van der Waals surface area (Å²) in [6.07, 6.45) is 1.82. The zero-order valence-electron chi connectivity index (χ0n) is 12.6. The number of alkyl halides is 3. The van der Waals surface area contributed by atoms with Crippen molar-refractivity contribution >= 4 is 11.3 Å². The Morgan fingerprint density at radius 3 is 2.71 bits per heavy atom. The van der Waals surface area contributed by atoms with Gasteiger partial charge >= 0.3 is 6.18 Å². The van der Waals surface area contributed by atoms with Crippen LogP contribution in [0.2, 0.25) is 0 Å². The Morgan fingerprint density at radius 1 is 1.29 bits per heavy atom. The average Bonchev–Trinajstić information content (AvgIpc) is 2.85. The first-order chi connectivity index (χ1) is 9.99. The molecule has 21 heavy (non-hydrogen) atoms. The number of hydrogen-bond acceptors (Lipinski definition) is 2. The van der Waals surface area contributed by atoms with Crippen LogP contribution < -0.4 is 5.32 Å². The maximum atomic E-state index is 12.3. The SMILES string of the molecule is CCCNC(CCCC(F)(F)F)c1cc2c(s1)CCCC2. The van der Waals surface area contributed by atoms with Gasteiger partial charge in [-0.15, -0.1) is 11.3 Å². The zero-order chi connectivity index (χ0) is 15.3. The van der Waals surface area contributed by atoms with E-state index in [1.807, 2.05) is 11.3 Å². The summed E-state index contributed by atoms with van der Waals surface area (Å²) in [5.41, 5.74) is 1.43. The van der Waals surface area contributed by atoms with Crippen molar-refractivity contribution < 1.29 is 13.2 Å². The fourth-order valence-electron chi connectivity index (χ4n) is 2.86. The Balaban J connectivity index is 1.99. The van der Waals surface area contributed by atoms with E-state index in [1.54, 1.807) is 0 Å². The molecule has 1 nitrogen and oxygen atoms in total. The number of hydrogen-bond donors (Lipinski definition) is 1. The van der Waals surface area contributed by atoms with Crippen molar-refractivity contribution in [3.8, 4) is 0 Å². The molecule has 1 N–H and O–H groups in total. The lowest BCUT2D eigenvalue weighted by atomic mass is 9.98. The topological polar surface area (TPSA) is 12.0 Å². The van der Waals surface area contributed by atoms with Crippen molar-refractivity contribution in [2.45, 2.75) is 70.5 Å². The lowest BCUT2D eigenvalue weighted by Gasteiger charge is -2.17. The molecule has 0 aliphatic heterocycles. The van der Waals surface area contributed by atoms with Gasteiger partial charge in [-0.05, 0) is 63.1 Å². The van der Waals surface area contributed by atoms with Crippen molar-refractivity contribution in [3.63, 3.8) is 0 Å². The highest BCUT2D eigenvalue weighted by atomic mass is 32.1. The monoisotopic (exact) mass is 319 g/mol. The van der Waals surface area contributed by atoms with E-state index < -0.39 is 12.6 Å². The van der Waals surface area contributed by atoms with Crippen LogP contribution in [-0.2, 0) is 12.8 Å². The molecular weight excluding hydrogens is 295 g/mol. The van der Waals surface area contributed by atoms with Crippen LogP contribution in [0.4, 0.5) is 13.2 Å². The van der Waals surface area contributed by atoms with E-state index in [0.29, 0.717) is 6.42 Å². The standard InChI is InChI=1S/C16H24F3NS/c1-2-10-20-13(7-5-9-16(17,18)19)15-11-12-6-3-4-8-14(12)21-15/h11,13,20H,2-10H2,1H3. The fraction of sp³-hybridized carbons (Fsp3) is 0.750. The molecule has 0 bridgehead atoms. The third-order valence-electron chi connectivity index (χ3n) is 3.95. The molecule has 120 valence electrons. The highest BCUT2D eigenvalue weighted by Gasteiger charge is 2.27. The summed E-state index contributed by atoms with van der Waals surface area (Å²) in [6, 6.07) is 2.32. The Bertz CT molecular complexity index is 416. The molecule has 1 unspecified atom stereocenters. The molecule has 0 spiro atoms. The van der Waals surface area contributed by atoms with Gasteiger partial charge < -0.3 is 5.32 Å². The quantitative estimate of drug-likeness (QED) is 0.709. The van der Waals surface area contributed by atoms with Gasteiger partial charge in [0.15, 0.2) is 0 Å². The summed E-state index contributed by atoms with van der Waals surface area (Å²) in [5.74, 6) is 0. The molecule has 0 saturated carbocycles. The van der Waals surface area contributed by atoms with Gasteiger partial charge in [-0.2, -0.15) is 13.2 Å². The average molecular weight is 319 g/mol.